The van der Waals surface area contributed by atoms with Gasteiger partial charge < -0.3 is 19.5 Å². The van der Waals surface area contributed by atoms with Crippen molar-refractivity contribution in [1.82, 2.24) is 4.98 Å². The maximum absolute atomic E-state index is 13.1. The fourth-order valence-electron chi connectivity index (χ4n) is 2.58. The van der Waals surface area contributed by atoms with Gasteiger partial charge in [-0.15, -0.1) is 8.78 Å². The minimum absolute atomic E-state index is 0.0187. The van der Waals surface area contributed by atoms with Gasteiger partial charge in [0, 0.05) is 17.1 Å². The molecule has 5 nitrogen and oxygen atoms in total. The van der Waals surface area contributed by atoms with Crippen molar-refractivity contribution in [1.29, 1.82) is 0 Å². The van der Waals surface area contributed by atoms with Crippen molar-refractivity contribution in [3.63, 3.8) is 0 Å². The number of anilines is 2. The summed E-state index contributed by atoms with van der Waals surface area (Å²) < 4.78 is 40.3. The molecule has 2 heterocycles. The quantitative estimate of drug-likeness (QED) is 0.711. The van der Waals surface area contributed by atoms with Gasteiger partial charge in [0.2, 0.25) is 0 Å². The Morgan fingerprint density at radius 2 is 1.88 bits per heavy atom. The number of hydrogen-bond acceptors (Lipinski definition) is 5. The van der Waals surface area contributed by atoms with Crippen LogP contribution in [0, 0.1) is 0 Å². The zero-order valence-corrected chi connectivity index (χ0v) is 13.6. The topological polar surface area (TPSA) is 52.6 Å². The lowest BCUT2D eigenvalue weighted by Crippen LogP contribution is -2.25. The molecule has 0 fully saturated rings. The minimum atomic E-state index is -3.65. The maximum Gasteiger partial charge on any atom is 0.586 e. The third kappa shape index (κ3) is 2.87. The maximum atomic E-state index is 13.1. The Bertz CT molecular complexity index is 982. The van der Waals surface area contributed by atoms with Crippen molar-refractivity contribution in [3.05, 3.63) is 47.5 Å². The molecule has 1 aromatic heterocycles. The second-order valence-electron chi connectivity index (χ2n) is 5.30. The Balaban J connectivity index is 1.67. The molecule has 0 bridgehead atoms. The van der Waals surface area contributed by atoms with Crippen LogP contribution in [0.3, 0.4) is 0 Å². The van der Waals surface area contributed by atoms with Crippen LogP contribution >= 0.6 is 11.6 Å². The summed E-state index contributed by atoms with van der Waals surface area (Å²) in [5.41, 5.74) is 1.09. The molecule has 4 rings (SSSR count). The lowest BCUT2D eigenvalue weighted by atomic mass is 10.2. The number of pyridine rings is 1. The molecule has 0 unspecified atom stereocenters. The highest BCUT2D eigenvalue weighted by molar-refractivity contribution is 6.35. The van der Waals surface area contributed by atoms with E-state index in [0.717, 1.165) is 5.39 Å². The van der Waals surface area contributed by atoms with E-state index in [-0.39, 0.29) is 11.5 Å². The zero-order chi connectivity index (χ0) is 17.6. The number of fused-ring (bicyclic) bond motifs is 2. The number of nitrogens with one attached hydrogen (secondary N) is 1. The smallest absolute Gasteiger partial charge is 0.496 e. The zero-order valence-electron chi connectivity index (χ0n) is 12.8. The first-order chi connectivity index (χ1) is 11.9. The molecule has 0 radical (unpaired) electrons. The van der Waals surface area contributed by atoms with Gasteiger partial charge in [-0.2, -0.15) is 0 Å². The predicted molar refractivity (Wildman–Crippen MR) is 89.2 cm³/mol. The van der Waals surface area contributed by atoms with E-state index in [1.807, 2.05) is 6.07 Å². The molecule has 8 heteroatoms. The second kappa shape index (κ2) is 5.63. The molecule has 1 aliphatic rings. The molecule has 25 heavy (non-hydrogen) atoms. The molecule has 2 aromatic carbocycles. The summed E-state index contributed by atoms with van der Waals surface area (Å²) >= 11 is 6.20. The van der Waals surface area contributed by atoms with Crippen LogP contribution < -0.4 is 19.5 Å². The van der Waals surface area contributed by atoms with Crippen LogP contribution in [0.2, 0.25) is 5.02 Å². The Morgan fingerprint density at radius 3 is 2.68 bits per heavy atom. The van der Waals surface area contributed by atoms with E-state index in [0.29, 0.717) is 27.8 Å². The van der Waals surface area contributed by atoms with Crippen molar-refractivity contribution in [2.45, 2.75) is 6.29 Å². The van der Waals surface area contributed by atoms with E-state index in [2.05, 4.69) is 19.8 Å². The average molecular weight is 365 g/mol. The molecule has 3 aromatic rings. The van der Waals surface area contributed by atoms with Crippen molar-refractivity contribution in [2.24, 2.45) is 0 Å². The first kappa shape index (κ1) is 15.7. The number of aromatic nitrogens is 1. The summed E-state index contributed by atoms with van der Waals surface area (Å²) in [6, 6.07) is 11.4. The Kier molecular flexibility index (Phi) is 3.54. The number of hydrogen-bond donors (Lipinski definition) is 1. The number of alkyl halides is 2. The van der Waals surface area contributed by atoms with Crippen LogP contribution in [0.1, 0.15) is 0 Å². The lowest BCUT2D eigenvalue weighted by molar-refractivity contribution is -0.286. The van der Waals surface area contributed by atoms with Gasteiger partial charge in [-0.05, 0) is 36.4 Å². The van der Waals surface area contributed by atoms with Crippen molar-refractivity contribution < 1.29 is 23.0 Å². The molecule has 0 aliphatic carbocycles. The number of halogens is 3. The van der Waals surface area contributed by atoms with Crippen LogP contribution in [-0.2, 0) is 0 Å². The summed E-state index contributed by atoms with van der Waals surface area (Å²) in [6.45, 7) is 0. The molecule has 1 N–H and O–H groups in total. The number of methoxy groups -OCH3 is 1. The summed E-state index contributed by atoms with van der Waals surface area (Å²) in [4.78, 5) is 4.46. The van der Waals surface area contributed by atoms with Crippen LogP contribution in [0.4, 0.5) is 20.3 Å². The van der Waals surface area contributed by atoms with E-state index in [1.165, 1.54) is 12.1 Å². The van der Waals surface area contributed by atoms with Gasteiger partial charge in [0.05, 0.1) is 17.6 Å². The molecule has 128 valence electrons. The highest BCUT2D eigenvalue weighted by Crippen LogP contribution is 2.42. The van der Waals surface area contributed by atoms with Crippen LogP contribution in [0.5, 0.6) is 17.2 Å². The fourth-order valence-corrected chi connectivity index (χ4v) is 2.79. The highest BCUT2D eigenvalue weighted by atomic mass is 35.5. The lowest BCUT2D eigenvalue weighted by Gasteiger charge is -2.10. The molecular formula is C17H11ClF2N2O3. The summed E-state index contributed by atoms with van der Waals surface area (Å²) in [5.74, 6) is 1.09. The van der Waals surface area contributed by atoms with Gasteiger partial charge in [-0.1, -0.05) is 11.6 Å². The van der Waals surface area contributed by atoms with Crippen molar-refractivity contribution >= 4 is 34.0 Å². The standard InChI is InChI=1S/C17H11ClF2N2O3/c1-23-12-6-4-11(18)16-10(12)3-7-15(22-16)21-9-2-5-13-14(8-9)25-17(19,20)24-13/h2-8H,1H3,(H,21,22). The van der Waals surface area contributed by atoms with Gasteiger partial charge in [0.15, 0.2) is 11.5 Å². The van der Waals surface area contributed by atoms with Crippen LogP contribution in [-0.4, -0.2) is 18.4 Å². The molecule has 0 spiro atoms. The Hall–Kier alpha value is -2.80. The number of ether oxygens (including phenoxy) is 3. The minimum Gasteiger partial charge on any atom is -0.496 e. The third-order valence-corrected chi connectivity index (χ3v) is 3.97. The summed E-state index contributed by atoms with van der Waals surface area (Å²) in [7, 11) is 1.57. The largest absolute Gasteiger partial charge is 0.586 e. The Labute approximate surface area is 146 Å². The highest BCUT2D eigenvalue weighted by Gasteiger charge is 2.43. The molecule has 0 amide bonds. The number of nitrogens with zero attached hydrogens (tertiary/aromatic N) is 1. The van der Waals surface area contributed by atoms with Gasteiger partial charge in [0.1, 0.15) is 11.6 Å². The van der Waals surface area contributed by atoms with E-state index >= 15 is 0 Å². The first-order valence-electron chi connectivity index (χ1n) is 7.25. The van der Waals surface area contributed by atoms with Gasteiger partial charge in [-0.25, -0.2) is 4.98 Å². The van der Waals surface area contributed by atoms with E-state index in [4.69, 9.17) is 16.3 Å². The molecular weight excluding hydrogens is 354 g/mol. The third-order valence-electron chi connectivity index (χ3n) is 3.66. The van der Waals surface area contributed by atoms with Crippen molar-refractivity contribution in [3.8, 4) is 17.2 Å². The Morgan fingerprint density at radius 1 is 1.08 bits per heavy atom. The number of benzene rings is 2. The average Bonchev–Trinajstić information content (AvgIpc) is 2.89. The van der Waals surface area contributed by atoms with Gasteiger partial charge >= 0.3 is 6.29 Å². The number of rotatable bonds is 3. The van der Waals surface area contributed by atoms with Crippen molar-refractivity contribution in [2.75, 3.05) is 12.4 Å². The van der Waals surface area contributed by atoms with Gasteiger partial charge in [-0.3, -0.25) is 0 Å². The first-order valence-corrected chi connectivity index (χ1v) is 7.63. The monoisotopic (exact) mass is 364 g/mol. The SMILES string of the molecule is COc1ccc(Cl)c2nc(Nc3ccc4c(c3)OC(F)(F)O4)ccc12. The summed E-state index contributed by atoms with van der Waals surface area (Å²) in [6.07, 6.45) is -3.65. The molecule has 0 saturated carbocycles. The second-order valence-corrected chi connectivity index (χ2v) is 5.70. The molecule has 0 atom stereocenters. The van der Waals surface area contributed by atoms with E-state index < -0.39 is 6.29 Å². The summed E-state index contributed by atoms with van der Waals surface area (Å²) in [5, 5.41) is 4.27. The van der Waals surface area contributed by atoms with E-state index in [1.54, 1.807) is 31.4 Å². The molecule has 0 saturated heterocycles. The normalized spacial score (nSPS) is 14.6. The fraction of sp³-hybridized carbons (Fsp3) is 0.118. The molecule has 1 aliphatic heterocycles. The van der Waals surface area contributed by atoms with Gasteiger partial charge in [0.25, 0.3) is 0 Å². The van der Waals surface area contributed by atoms with Crippen LogP contribution in [0.15, 0.2) is 42.5 Å². The van der Waals surface area contributed by atoms with Crippen LogP contribution in [0.25, 0.3) is 10.9 Å². The van der Waals surface area contributed by atoms with E-state index in [9.17, 15) is 8.78 Å². The predicted octanol–water partition coefficient (Wildman–Crippen LogP) is 4.96.